The number of aromatic nitrogens is 1. The second-order valence-electron chi connectivity index (χ2n) is 7.56. The molecule has 1 aromatic heterocycles. The molecule has 33 heavy (non-hydrogen) atoms. The number of hydrogen-bond acceptors (Lipinski definition) is 6. The van der Waals surface area contributed by atoms with Crippen molar-refractivity contribution in [2.45, 2.75) is 13.8 Å². The molecule has 1 amide bonds. The van der Waals surface area contributed by atoms with Crippen molar-refractivity contribution in [3.05, 3.63) is 104 Å². The van der Waals surface area contributed by atoms with Crippen molar-refractivity contribution >= 4 is 33.9 Å². The molecule has 0 unspecified atom stereocenters. The standard InChI is InChI=1S/C24H18N4O5/c1-14-7-9-17(15(2)11-14)22-13-19(18-5-3-4-6-20(18)25-22)24(29)26-21-10-8-16(27(30)31)12-23(21)28(32)33/h3-13H,1-2H3,(H,26,29). The summed E-state index contributed by atoms with van der Waals surface area (Å²) >= 11 is 0. The highest BCUT2D eigenvalue weighted by molar-refractivity contribution is 6.13. The van der Waals surface area contributed by atoms with Crippen molar-refractivity contribution in [2.24, 2.45) is 0 Å². The van der Waals surface area contributed by atoms with Gasteiger partial charge in [0.1, 0.15) is 5.69 Å². The average molecular weight is 442 g/mol. The van der Waals surface area contributed by atoms with Crippen molar-refractivity contribution in [3.63, 3.8) is 0 Å². The third-order valence-corrected chi connectivity index (χ3v) is 5.26. The number of nitro benzene ring substituents is 2. The first-order chi connectivity index (χ1) is 15.7. The summed E-state index contributed by atoms with van der Waals surface area (Å²) in [4.78, 5) is 38.9. The minimum absolute atomic E-state index is 0.135. The number of rotatable bonds is 5. The average Bonchev–Trinajstić information content (AvgIpc) is 2.78. The summed E-state index contributed by atoms with van der Waals surface area (Å²) in [6, 6.07) is 17.7. The summed E-state index contributed by atoms with van der Waals surface area (Å²) in [7, 11) is 0. The second-order valence-corrected chi connectivity index (χ2v) is 7.56. The minimum atomic E-state index is -0.769. The van der Waals surface area contributed by atoms with E-state index in [0.29, 0.717) is 16.6 Å². The van der Waals surface area contributed by atoms with Crippen molar-refractivity contribution in [3.8, 4) is 11.3 Å². The SMILES string of the molecule is Cc1ccc(-c2cc(C(=O)Nc3ccc([N+](=O)[O-])cc3[N+](=O)[O-])c3ccccc3n2)c(C)c1. The molecule has 0 bridgehead atoms. The van der Waals surface area contributed by atoms with Gasteiger partial charge in [-0.3, -0.25) is 25.0 Å². The zero-order valence-electron chi connectivity index (χ0n) is 17.7. The fourth-order valence-electron chi connectivity index (χ4n) is 3.68. The fraction of sp³-hybridized carbons (Fsp3) is 0.0833. The molecule has 4 rings (SSSR count). The number of hydrogen-bond donors (Lipinski definition) is 1. The Hall–Kier alpha value is -4.66. The van der Waals surface area contributed by atoms with Crippen molar-refractivity contribution in [1.29, 1.82) is 0 Å². The number of nitrogens with one attached hydrogen (secondary N) is 1. The molecule has 0 saturated heterocycles. The monoisotopic (exact) mass is 442 g/mol. The molecule has 4 aromatic rings. The number of carbonyl (C=O) groups is 1. The second kappa shape index (κ2) is 8.46. The number of aryl methyl sites for hydroxylation is 2. The molecule has 0 aliphatic heterocycles. The predicted molar refractivity (Wildman–Crippen MR) is 124 cm³/mol. The Morgan fingerprint density at radius 1 is 0.909 bits per heavy atom. The molecular weight excluding hydrogens is 424 g/mol. The lowest BCUT2D eigenvalue weighted by Crippen LogP contribution is -2.14. The van der Waals surface area contributed by atoms with E-state index in [1.54, 1.807) is 24.3 Å². The van der Waals surface area contributed by atoms with E-state index >= 15 is 0 Å². The van der Waals surface area contributed by atoms with Crippen LogP contribution in [-0.4, -0.2) is 20.7 Å². The highest BCUT2D eigenvalue weighted by Crippen LogP contribution is 2.31. The van der Waals surface area contributed by atoms with Crippen LogP contribution in [0, 0.1) is 34.1 Å². The van der Waals surface area contributed by atoms with Crippen LogP contribution in [0.4, 0.5) is 17.1 Å². The molecule has 3 aromatic carbocycles. The number of benzene rings is 3. The summed E-state index contributed by atoms with van der Waals surface area (Å²) < 4.78 is 0. The van der Waals surface area contributed by atoms with Gasteiger partial charge < -0.3 is 5.32 Å². The van der Waals surface area contributed by atoms with Gasteiger partial charge in [-0.2, -0.15) is 0 Å². The normalized spacial score (nSPS) is 10.7. The molecular formula is C24H18N4O5. The molecule has 0 spiro atoms. The number of non-ortho nitro benzene ring substituents is 1. The van der Waals surface area contributed by atoms with Crippen molar-refractivity contribution in [1.82, 2.24) is 4.98 Å². The Morgan fingerprint density at radius 3 is 2.36 bits per heavy atom. The van der Waals surface area contributed by atoms with E-state index in [-0.39, 0.29) is 11.3 Å². The van der Waals surface area contributed by atoms with E-state index in [0.717, 1.165) is 34.9 Å². The Balaban J connectivity index is 1.82. The van der Waals surface area contributed by atoms with Crippen LogP contribution in [-0.2, 0) is 0 Å². The van der Waals surface area contributed by atoms with Gasteiger partial charge in [0.05, 0.1) is 32.7 Å². The number of amides is 1. The van der Waals surface area contributed by atoms with E-state index in [9.17, 15) is 25.0 Å². The number of carbonyl (C=O) groups excluding carboxylic acids is 1. The van der Waals surface area contributed by atoms with Crippen molar-refractivity contribution in [2.75, 3.05) is 5.32 Å². The van der Waals surface area contributed by atoms with Gasteiger partial charge >= 0.3 is 0 Å². The van der Waals surface area contributed by atoms with E-state index in [1.807, 2.05) is 38.1 Å². The number of anilines is 1. The fourth-order valence-corrected chi connectivity index (χ4v) is 3.68. The van der Waals surface area contributed by atoms with Crippen LogP contribution in [0.3, 0.4) is 0 Å². The van der Waals surface area contributed by atoms with E-state index in [4.69, 9.17) is 4.98 Å². The number of nitro groups is 2. The van der Waals surface area contributed by atoms with Gasteiger partial charge in [0.15, 0.2) is 0 Å². The molecule has 1 N–H and O–H groups in total. The van der Waals surface area contributed by atoms with Gasteiger partial charge in [-0.05, 0) is 37.6 Å². The van der Waals surface area contributed by atoms with Crippen LogP contribution in [0.5, 0.6) is 0 Å². The number of para-hydroxylation sites is 1. The zero-order chi connectivity index (χ0) is 23.7. The van der Waals surface area contributed by atoms with Crippen LogP contribution < -0.4 is 5.32 Å². The smallest absolute Gasteiger partial charge is 0.299 e. The van der Waals surface area contributed by atoms with Crippen LogP contribution >= 0.6 is 0 Å². The predicted octanol–water partition coefficient (Wildman–Crippen LogP) is 5.59. The summed E-state index contributed by atoms with van der Waals surface area (Å²) in [5, 5.41) is 25.6. The zero-order valence-corrected chi connectivity index (χ0v) is 17.7. The van der Waals surface area contributed by atoms with Gasteiger partial charge in [0, 0.05) is 17.0 Å². The van der Waals surface area contributed by atoms with E-state index in [2.05, 4.69) is 5.32 Å². The molecule has 9 nitrogen and oxygen atoms in total. The number of nitrogens with zero attached hydrogens (tertiary/aromatic N) is 3. The lowest BCUT2D eigenvalue weighted by molar-refractivity contribution is -0.393. The largest absolute Gasteiger partial charge is 0.316 e. The van der Waals surface area contributed by atoms with Gasteiger partial charge in [0.25, 0.3) is 17.3 Å². The third-order valence-electron chi connectivity index (χ3n) is 5.26. The van der Waals surface area contributed by atoms with E-state index < -0.39 is 27.1 Å². The highest BCUT2D eigenvalue weighted by Gasteiger charge is 2.22. The maximum atomic E-state index is 13.2. The molecule has 164 valence electrons. The van der Waals surface area contributed by atoms with Crippen LogP contribution in [0.2, 0.25) is 0 Å². The first-order valence-corrected chi connectivity index (χ1v) is 9.96. The number of fused-ring (bicyclic) bond motifs is 1. The first-order valence-electron chi connectivity index (χ1n) is 9.96. The Morgan fingerprint density at radius 2 is 1.67 bits per heavy atom. The highest BCUT2D eigenvalue weighted by atomic mass is 16.6. The van der Waals surface area contributed by atoms with Crippen LogP contribution in [0.25, 0.3) is 22.2 Å². The lowest BCUT2D eigenvalue weighted by Gasteiger charge is -2.12. The summed E-state index contributed by atoms with van der Waals surface area (Å²) in [6.45, 7) is 3.94. The minimum Gasteiger partial charge on any atom is -0.316 e. The van der Waals surface area contributed by atoms with Crippen LogP contribution in [0.15, 0.2) is 66.7 Å². The topological polar surface area (TPSA) is 128 Å². The summed E-state index contributed by atoms with van der Waals surface area (Å²) in [6.07, 6.45) is 0. The first kappa shape index (κ1) is 21.6. The molecule has 1 heterocycles. The molecule has 0 aliphatic carbocycles. The lowest BCUT2D eigenvalue weighted by atomic mass is 9.99. The van der Waals surface area contributed by atoms with Gasteiger partial charge in [-0.1, -0.05) is 42.0 Å². The summed E-state index contributed by atoms with van der Waals surface area (Å²) in [5.41, 5.74) is 3.29. The Kier molecular flexibility index (Phi) is 5.53. The number of pyridine rings is 1. The van der Waals surface area contributed by atoms with Gasteiger partial charge in [0.2, 0.25) is 0 Å². The Labute approximate surface area is 188 Å². The molecule has 0 fully saturated rings. The third kappa shape index (κ3) is 4.24. The van der Waals surface area contributed by atoms with E-state index in [1.165, 1.54) is 0 Å². The molecule has 0 saturated carbocycles. The summed E-state index contributed by atoms with van der Waals surface area (Å²) in [5.74, 6) is -0.587. The quantitative estimate of drug-likeness (QED) is 0.317. The maximum absolute atomic E-state index is 13.2. The molecule has 9 heteroatoms. The molecule has 0 radical (unpaired) electrons. The Bertz CT molecular complexity index is 1450. The molecule has 0 aliphatic rings. The molecule has 0 atom stereocenters. The van der Waals surface area contributed by atoms with Gasteiger partial charge in [-0.25, -0.2) is 4.98 Å². The van der Waals surface area contributed by atoms with Crippen molar-refractivity contribution < 1.29 is 14.6 Å². The van der Waals surface area contributed by atoms with Crippen LogP contribution in [0.1, 0.15) is 21.5 Å². The van der Waals surface area contributed by atoms with Gasteiger partial charge in [-0.15, -0.1) is 0 Å². The maximum Gasteiger partial charge on any atom is 0.299 e.